The summed E-state index contributed by atoms with van der Waals surface area (Å²) in [6, 6.07) is 8.79. The van der Waals surface area contributed by atoms with Gasteiger partial charge in [0.15, 0.2) is 9.84 Å². The van der Waals surface area contributed by atoms with Crippen LogP contribution in [0, 0.1) is 9.39 Å². The normalized spacial score (nSPS) is 16.0. The third-order valence-corrected chi connectivity index (χ3v) is 13.0. The molecule has 14 heteroatoms. The van der Waals surface area contributed by atoms with Gasteiger partial charge in [-0.1, -0.05) is 0 Å². The molecule has 0 amide bonds. The Balaban J connectivity index is 0.000000283. The molecule has 0 saturated carbocycles. The van der Waals surface area contributed by atoms with Crippen LogP contribution in [0.15, 0.2) is 47.4 Å². The van der Waals surface area contributed by atoms with Crippen LogP contribution in [0.5, 0.6) is 0 Å². The molecule has 0 N–H and O–H groups in total. The van der Waals surface area contributed by atoms with Crippen LogP contribution >= 0.6 is 18.7 Å². The van der Waals surface area contributed by atoms with Gasteiger partial charge in [0.1, 0.15) is 12.1 Å². The quantitative estimate of drug-likeness (QED) is 0.355. The minimum absolute atomic E-state index is 0.0142. The monoisotopic (exact) mass is 626 g/mol. The molecule has 11 nitrogen and oxygen atoms in total. The maximum Gasteiger partial charge on any atom is 0.175 e. The minimum Gasteiger partial charge on any atom is -0.298 e. The number of carbonyl (C=O) groups is 5. The number of hydrogen-bond donors (Lipinski definition) is 0. The summed E-state index contributed by atoms with van der Waals surface area (Å²) in [5.74, 6) is -4.37. The average Bonchev–Trinajstić information content (AvgIpc) is 2.94. The van der Waals surface area contributed by atoms with Crippen molar-refractivity contribution < 1.29 is 49.0 Å². The zero-order valence-corrected chi connectivity index (χ0v) is 21.7. The van der Waals surface area contributed by atoms with Crippen molar-refractivity contribution in [3.63, 3.8) is 0 Å². The van der Waals surface area contributed by atoms with Crippen molar-refractivity contribution in [1.82, 2.24) is 0 Å². The molecule has 0 fully saturated rings. The molecule has 0 bridgehead atoms. The number of carbonyl (C=O) groups excluding carboxylic acids is 5. The second kappa shape index (κ2) is 10.1. The van der Waals surface area contributed by atoms with E-state index in [9.17, 15) is 36.8 Å². The van der Waals surface area contributed by atoms with Gasteiger partial charge in [-0.25, -0.2) is 12.8 Å². The molecule has 0 atom stereocenters. The molecule has 1 heterocycles. The van der Waals surface area contributed by atoms with Gasteiger partial charge in [0.25, 0.3) is 0 Å². The maximum absolute atomic E-state index is 12.7. The first-order valence-electron chi connectivity index (χ1n) is 9.41. The Morgan fingerprint density at radius 3 is 1.91 bits per heavy atom. The fourth-order valence-electron chi connectivity index (χ4n) is 2.75. The molecule has 0 saturated heterocycles. The molecule has 0 aliphatic carbocycles. The van der Waals surface area contributed by atoms with Crippen molar-refractivity contribution in [2.75, 3.05) is 6.26 Å². The summed E-state index contributed by atoms with van der Waals surface area (Å²) in [7, 11) is -3.46. The van der Waals surface area contributed by atoms with E-state index in [4.69, 9.17) is 12.3 Å². The van der Waals surface area contributed by atoms with Crippen LogP contribution in [0.4, 0.5) is 4.39 Å². The number of sulfone groups is 1. The van der Waals surface area contributed by atoms with Crippen LogP contribution in [-0.4, -0.2) is 44.8 Å². The van der Waals surface area contributed by atoms with E-state index in [0.717, 1.165) is 45.2 Å². The summed E-state index contributed by atoms with van der Waals surface area (Å²) in [4.78, 5) is 56.8. The number of halogens is 2. The summed E-state index contributed by atoms with van der Waals surface area (Å²) in [5, 5.41) is 0. The second-order valence-electron chi connectivity index (χ2n) is 6.85. The Bertz CT molecular complexity index is 1280. The minimum atomic E-state index is -6.03. The Morgan fingerprint density at radius 1 is 0.943 bits per heavy atom. The van der Waals surface area contributed by atoms with Crippen molar-refractivity contribution in [1.29, 1.82) is 0 Å². The van der Waals surface area contributed by atoms with E-state index < -0.39 is 58.2 Å². The zero-order valence-electron chi connectivity index (χ0n) is 18.8. The van der Waals surface area contributed by atoms with Crippen molar-refractivity contribution in [2.45, 2.75) is 25.7 Å². The van der Waals surface area contributed by atoms with Crippen LogP contribution in [-0.2, 0) is 36.5 Å². The van der Waals surface area contributed by atoms with Gasteiger partial charge in [-0.15, -0.1) is 0 Å². The van der Waals surface area contributed by atoms with Crippen LogP contribution in [0.2, 0.25) is 0 Å². The van der Waals surface area contributed by atoms with Crippen LogP contribution in [0.3, 0.4) is 0 Å². The molecule has 0 radical (unpaired) electrons. The zero-order chi connectivity index (χ0) is 26.6. The first kappa shape index (κ1) is 27.8. The smallest absolute Gasteiger partial charge is 0.175 e. The molecule has 1 aliphatic heterocycles. The average molecular weight is 626 g/mol. The van der Waals surface area contributed by atoms with Gasteiger partial charge in [-0.3, -0.25) is 4.79 Å². The standard InChI is InChI=1S/C13H13IO8.C8H7FO3S/c1-8(15)19-14(20-9(2)16,21-10(3)17)12-7-5-4-6-11(12)13(18)22-14;1-13(11,12)8-3-6(5-10)2-7(9)4-8/h4-7H,1-3H3;2-5H,1H3. The van der Waals surface area contributed by atoms with E-state index in [2.05, 4.69) is 0 Å². The Morgan fingerprint density at radius 2 is 1.46 bits per heavy atom. The molecule has 190 valence electrons. The third-order valence-electron chi connectivity index (χ3n) is 3.81. The summed E-state index contributed by atoms with van der Waals surface area (Å²) in [6.45, 7) is 3.07. The largest absolute Gasteiger partial charge is 0.298 e. The number of aldehydes is 1. The number of fused-ring (bicyclic) bond motifs is 1. The Labute approximate surface area is 202 Å². The van der Waals surface area contributed by atoms with Gasteiger partial charge in [-0.05, 0) is 18.2 Å². The van der Waals surface area contributed by atoms with Crippen molar-refractivity contribution in [3.05, 3.63) is 63.0 Å². The van der Waals surface area contributed by atoms with Crippen molar-refractivity contribution in [3.8, 4) is 0 Å². The summed E-state index contributed by atoms with van der Waals surface area (Å²) < 4.78 is 55.2. The van der Waals surface area contributed by atoms with Gasteiger partial charge >= 0.3 is 128 Å². The summed E-state index contributed by atoms with van der Waals surface area (Å²) in [5.41, 5.74) is 0.0285. The SMILES string of the molecule is CC(=O)OI1(OC(C)=O)(OC(C)=O)OC(=O)c2ccccc21.CS(=O)(=O)c1cc(F)cc(C=O)c1. The van der Waals surface area contributed by atoms with E-state index in [-0.39, 0.29) is 19.6 Å². The topological polar surface area (TPSA) is 156 Å². The van der Waals surface area contributed by atoms with Gasteiger partial charge in [-0.2, -0.15) is 0 Å². The summed E-state index contributed by atoms with van der Waals surface area (Å²) >= 11 is -6.03. The van der Waals surface area contributed by atoms with Crippen LogP contribution in [0.1, 0.15) is 41.5 Å². The van der Waals surface area contributed by atoms with E-state index >= 15 is 0 Å². The molecule has 1 aliphatic rings. The van der Waals surface area contributed by atoms with E-state index in [1.165, 1.54) is 18.2 Å². The van der Waals surface area contributed by atoms with Crippen LogP contribution in [0.25, 0.3) is 0 Å². The Hall–Kier alpha value is -3.40. The fourth-order valence-corrected chi connectivity index (χ4v) is 11.2. The van der Waals surface area contributed by atoms with Gasteiger partial charge in [0, 0.05) is 11.8 Å². The van der Waals surface area contributed by atoms with Crippen molar-refractivity contribution in [2.24, 2.45) is 0 Å². The second-order valence-corrected chi connectivity index (χ2v) is 15.7. The third kappa shape index (κ3) is 6.19. The predicted molar refractivity (Wildman–Crippen MR) is 125 cm³/mol. The first-order chi connectivity index (χ1) is 16.1. The molecular weight excluding hydrogens is 606 g/mol. The molecule has 3 rings (SSSR count). The molecule has 0 spiro atoms. The maximum atomic E-state index is 12.7. The first-order valence-corrected chi connectivity index (χ1v) is 15.9. The predicted octanol–water partition coefficient (Wildman–Crippen LogP) is 3.00. The van der Waals surface area contributed by atoms with Gasteiger partial charge in [0.05, 0.1) is 4.90 Å². The fraction of sp³-hybridized carbons (Fsp3) is 0.190. The van der Waals surface area contributed by atoms with Crippen LogP contribution < -0.4 is 0 Å². The van der Waals surface area contributed by atoms with Gasteiger partial charge < -0.3 is 0 Å². The molecule has 0 aromatic heterocycles. The number of rotatable bonds is 5. The summed E-state index contributed by atoms with van der Waals surface area (Å²) in [6.07, 6.45) is 1.36. The molecule has 35 heavy (non-hydrogen) atoms. The molecule has 2 aromatic carbocycles. The van der Waals surface area contributed by atoms with Gasteiger partial charge in [0.2, 0.25) is 0 Å². The van der Waals surface area contributed by atoms with E-state index in [1.54, 1.807) is 6.07 Å². The van der Waals surface area contributed by atoms with E-state index in [0.29, 0.717) is 6.29 Å². The van der Waals surface area contributed by atoms with Crippen molar-refractivity contribution >= 4 is 58.7 Å². The molecule has 2 aromatic rings. The number of hydrogen-bond acceptors (Lipinski definition) is 11. The Kier molecular flexibility index (Phi) is 8.01. The number of benzene rings is 2. The molecule has 0 unspecified atom stereocenters. The molecular formula is C21H20FIO11S. The van der Waals surface area contributed by atoms with E-state index in [1.807, 2.05) is 0 Å².